The van der Waals surface area contributed by atoms with Crippen molar-refractivity contribution in [1.82, 2.24) is 4.98 Å². The van der Waals surface area contributed by atoms with Gasteiger partial charge in [-0.15, -0.1) is 0 Å². The molecule has 0 aliphatic heterocycles. The Hall–Kier alpha value is -2.82. The highest BCUT2D eigenvalue weighted by Crippen LogP contribution is 2.25. The molecule has 3 nitrogen and oxygen atoms in total. The number of rotatable bonds is 2. The molecular weight excluding hydrogens is 288 g/mol. The third-order valence-corrected chi connectivity index (χ3v) is 3.19. The Morgan fingerprint density at radius 2 is 1.68 bits per heavy atom. The first-order chi connectivity index (χ1) is 10.6. The van der Waals surface area contributed by atoms with Crippen LogP contribution in [-0.2, 0) is 0 Å². The highest BCUT2D eigenvalue weighted by atomic mass is 19.1. The Morgan fingerprint density at radius 1 is 1.00 bits per heavy atom. The summed E-state index contributed by atoms with van der Waals surface area (Å²) in [6.07, 6.45) is 0. The zero-order chi connectivity index (χ0) is 15.7. The minimum atomic E-state index is -1.09. The monoisotopic (exact) mass is 299 g/mol. The first-order valence-electron chi connectivity index (χ1n) is 6.59. The van der Waals surface area contributed by atoms with Gasteiger partial charge in [0.2, 0.25) is 0 Å². The average Bonchev–Trinajstić information content (AvgIpc) is 2.47. The number of fused-ring (bicyclic) bond motifs is 1. The molecule has 1 heterocycles. The van der Waals surface area contributed by atoms with E-state index >= 15 is 0 Å². The smallest absolute Gasteiger partial charge is 0.349 e. The lowest BCUT2D eigenvalue weighted by Gasteiger charge is -2.08. The summed E-state index contributed by atoms with van der Waals surface area (Å²) in [5.41, 5.74) is 0.493. The van der Waals surface area contributed by atoms with E-state index in [-0.39, 0.29) is 5.75 Å². The Morgan fingerprint density at radius 3 is 2.41 bits per heavy atom. The van der Waals surface area contributed by atoms with Gasteiger partial charge in [-0.3, -0.25) is 0 Å². The van der Waals surface area contributed by atoms with Crippen LogP contribution < -0.4 is 4.74 Å². The van der Waals surface area contributed by atoms with Crippen molar-refractivity contribution in [3.63, 3.8) is 0 Å². The number of halogens is 2. The first-order valence-corrected chi connectivity index (χ1v) is 6.59. The molecule has 0 fully saturated rings. The number of carbonyl (C=O) groups is 1. The lowest BCUT2D eigenvalue weighted by molar-refractivity contribution is 0.0726. The third kappa shape index (κ3) is 2.53. The number of aryl methyl sites for hydroxylation is 1. The van der Waals surface area contributed by atoms with Crippen molar-refractivity contribution in [2.75, 3.05) is 0 Å². The second kappa shape index (κ2) is 5.52. The van der Waals surface area contributed by atoms with Crippen LogP contribution >= 0.6 is 0 Å². The van der Waals surface area contributed by atoms with E-state index in [1.54, 1.807) is 13.0 Å². The van der Waals surface area contributed by atoms with Crippen LogP contribution in [-0.4, -0.2) is 11.0 Å². The molecule has 0 saturated carbocycles. The van der Waals surface area contributed by atoms with Gasteiger partial charge in [0.1, 0.15) is 22.7 Å². The number of nitrogens with zero attached hydrogens (tertiary/aromatic N) is 1. The topological polar surface area (TPSA) is 39.2 Å². The zero-order valence-electron chi connectivity index (χ0n) is 11.6. The lowest BCUT2D eigenvalue weighted by Crippen LogP contribution is -2.13. The fourth-order valence-electron chi connectivity index (χ4n) is 2.14. The second-order valence-corrected chi connectivity index (χ2v) is 4.77. The molecule has 0 saturated heterocycles. The zero-order valence-corrected chi connectivity index (χ0v) is 11.6. The van der Waals surface area contributed by atoms with Crippen LogP contribution in [0, 0.1) is 18.6 Å². The van der Waals surface area contributed by atoms with Crippen LogP contribution in [0.25, 0.3) is 10.9 Å². The van der Waals surface area contributed by atoms with Crippen molar-refractivity contribution in [3.05, 3.63) is 71.4 Å². The Kier molecular flexibility index (Phi) is 3.55. The van der Waals surface area contributed by atoms with Gasteiger partial charge in [-0.25, -0.2) is 18.6 Å². The SMILES string of the molecule is Cc1ccc2cccc(OC(=O)c3c(F)cccc3F)c2n1. The van der Waals surface area contributed by atoms with E-state index in [1.165, 1.54) is 12.1 Å². The van der Waals surface area contributed by atoms with E-state index in [0.717, 1.165) is 23.2 Å². The average molecular weight is 299 g/mol. The summed E-state index contributed by atoms with van der Waals surface area (Å²) in [6, 6.07) is 11.9. The Bertz CT molecular complexity index is 857. The molecule has 0 unspecified atom stereocenters. The summed E-state index contributed by atoms with van der Waals surface area (Å²) < 4.78 is 32.4. The van der Waals surface area contributed by atoms with Crippen LogP contribution in [0.2, 0.25) is 0 Å². The van der Waals surface area contributed by atoms with E-state index in [2.05, 4.69) is 4.98 Å². The summed E-state index contributed by atoms with van der Waals surface area (Å²) in [6.45, 7) is 1.80. The van der Waals surface area contributed by atoms with Crippen molar-refractivity contribution in [3.8, 4) is 5.75 Å². The molecule has 1 aromatic heterocycles. The molecular formula is C17H11F2NO2. The van der Waals surface area contributed by atoms with Gasteiger partial charge < -0.3 is 4.74 Å². The van der Waals surface area contributed by atoms with Gasteiger partial charge in [0.05, 0.1) is 0 Å². The van der Waals surface area contributed by atoms with Gasteiger partial charge in [-0.05, 0) is 31.2 Å². The normalized spacial score (nSPS) is 10.7. The van der Waals surface area contributed by atoms with Crippen molar-refractivity contribution in [2.45, 2.75) is 6.92 Å². The van der Waals surface area contributed by atoms with Crippen molar-refractivity contribution in [2.24, 2.45) is 0 Å². The Labute approximate surface area is 125 Å². The molecule has 0 amide bonds. The van der Waals surface area contributed by atoms with Gasteiger partial charge in [0, 0.05) is 11.1 Å². The molecule has 0 radical (unpaired) electrons. The molecule has 5 heteroatoms. The highest BCUT2D eigenvalue weighted by Gasteiger charge is 2.20. The van der Waals surface area contributed by atoms with Crippen LogP contribution in [0.4, 0.5) is 8.78 Å². The van der Waals surface area contributed by atoms with Crippen LogP contribution in [0.1, 0.15) is 16.1 Å². The number of hydrogen-bond donors (Lipinski definition) is 0. The number of hydrogen-bond acceptors (Lipinski definition) is 3. The minimum Gasteiger partial charge on any atom is -0.420 e. The maximum atomic E-state index is 13.6. The largest absolute Gasteiger partial charge is 0.420 e. The van der Waals surface area contributed by atoms with Crippen molar-refractivity contribution >= 4 is 16.9 Å². The summed E-state index contributed by atoms with van der Waals surface area (Å²) in [4.78, 5) is 16.4. The molecule has 3 aromatic rings. The number of pyridine rings is 1. The molecule has 0 N–H and O–H groups in total. The summed E-state index contributed by atoms with van der Waals surface area (Å²) in [7, 11) is 0. The molecule has 0 atom stereocenters. The van der Waals surface area contributed by atoms with E-state index < -0.39 is 23.2 Å². The quantitative estimate of drug-likeness (QED) is 0.529. The molecule has 3 rings (SSSR count). The maximum absolute atomic E-state index is 13.6. The van der Waals surface area contributed by atoms with E-state index in [9.17, 15) is 13.6 Å². The maximum Gasteiger partial charge on any atom is 0.349 e. The van der Waals surface area contributed by atoms with Gasteiger partial charge in [0.25, 0.3) is 0 Å². The van der Waals surface area contributed by atoms with Gasteiger partial charge >= 0.3 is 5.97 Å². The summed E-state index contributed by atoms with van der Waals surface area (Å²) in [5, 5.41) is 0.768. The van der Waals surface area contributed by atoms with Gasteiger partial charge in [-0.1, -0.05) is 24.3 Å². The fraction of sp³-hybridized carbons (Fsp3) is 0.0588. The number of carbonyl (C=O) groups excluding carboxylic acids is 1. The second-order valence-electron chi connectivity index (χ2n) is 4.77. The molecule has 110 valence electrons. The predicted molar refractivity (Wildman–Crippen MR) is 77.8 cm³/mol. The third-order valence-electron chi connectivity index (χ3n) is 3.19. The highest BCUT2D eigenvalue weighted by molar-refractivity contribution is 5.94. The van der Waals surface area contributed by atoms with Crippen molar-refractivity contribution in [1.29, 1.82) is 0 Å². The number of benzene rings is 2. The predicted octanol–water partition coefficient (Wildman–Crippen LogP) is 4.04. The number of esters is 1. The molecule has 0 bridgehead atoms. The van der Waals surface area contributed by atoms with Gasteiger partial charge in [0.15, 0.2) is 5.75 Å². The number of para-hydroxylation sites is 1. The lowest BCUT2D eigenvalue weighted by atomic mass is 10.2. The van der Waals surface area contributed by atoms with Gasteiger partial charge in [-0.2, -0.15) is 0 Å². The number of ether oxygens (including phenoxy) is 1. The molecule has 22 heavy (non-hydrogen) atoms. The fourth-order valence-corrected chi connectivity index (χ4v) is 2.14. The van der Waals surface area contributed by atoms with Crippen LogP contribution in [0.15, 0.2) is 48.5 Å². The first kappa shape index (κ1) is 14.1. The number of aromatic nitrogens is 1. The minimum absolute atomic E-state index is 0.161. The molecule has 0 aliphatic rings. The van der Waals surface area contributed by atoms with E-state index in [4.69, 9.17) is 4.74 Å². The molecule has 0 spiro atoms. The standard InChI is InChI=1S/C17H11F2NO2/c1-10-8-9-11-4-2-7-14(16(11)20-10)22-17(21)15-12(18)5-3-6-13(15)19/h2-9H,1H3. The van der Waals surface area contributed by atoms with Crippen LogP contribution in [0.5, 0.6) is 5.75 Å². The van der Waals surface area contributed by atoms with E-state index in [0.29, 0.717) is 5.52 Å². The van der Waals surface area contributed by atoms with E-state index in [1.807, 2.05) is 18.2 Å². The summed E-state index contributed by atoms with van der Waals surface area (Å²) >= 11 is 0. The summed E-state index contributed by atoms with van der Waals surface area (Å²) in [5.74, 6) is -2.86. The molecule has 2 aromatic carbocycles. The molecule has 0 aliphatic carbocycles. The Balaban J connectivity index is 2.03. The van der Waals surface area contributed by atoms with Crippen LogP contribution in [0.3, 0.4) is 0 Å². The van der Waals surface area contributed by atoms with Crippen molar-refractivity contribution < 1.29 is 18.3 Å².